The van der Waals surface area contributed by atoms with Gasteiger partial charge in [-0.3, -0.25) is 9.78 Å². The Morgan fingerprint density at radius 3 is 2.68 bits per heavy atom. The summed E-state index contributed by atoms with van der Waals surface area (Å²) in [6.45, 7) is 4.17. The number of benzene rings is 1. The van der Waals surface area contributed by atoms with E-state index in [0.717, 1.165) is 11.3 Å². The van der Waals surface area contributed by atoms with E-state index in [2.05, 4.69) is 24.1 Å². The first-order valence-electron chi connectivity index (χ1n) is 6.09. The number of anilines is 1. The average Bonchev–Trinajstić information content (AvgIpc) is 2.39. The number of carbonyl (C=O) groups is 1. The molecule has 19 heavy (non-hydrogen) atoms. The molecule has 0 radical (unpaired) electrons. The van der Waals surface area contributed by atoms with Crippen LogP contribution in [-0.4, -0.2) is 10.9 Å². The topological polar surface area (TPSA) is 42.0 Å². The van der Waals surface area contributed by atoms with Crippen molar-refractivity contribution in [3.05, 3.63) is 58.9 Å². The van der Waals surface area contributed by atoms with E-state index in [4.69, 9.17) is 11.6 Å². The molecule has 3 nitrogen and oxygen atoms in total. The van der Waals surface area contributed by atoms with Crippen LogP contribution in [0.2, 0.25) is 5.02 Å². The average molecular weight is 275 g/mol. The second-order valence-corrected chi connectivity index (χ2v) is 4.99. The van der Waals surface area contributed by atoms with Crippen molar-refractivity contribution in [3.8, 4) is 0 Å². The van der Waals surface area contributed by atoms with Crippen molar-refractivity contribution >= 4 is 23.2 Å². The molecule has 4 heteroatoms. The normalized spacial score (nSPS) is 10.5. The first-order valence-corrected chi connectivity index (χ1v) is 6.47. The van der Waals surface area contributed by atoms with E-state index in [0.29, 0.717) is 16.6 Å². The van der Waals surface area contributed by atoms with Crippen molar-refractivity contribution in [2.75, 3.05) is 5.32 Å². The van der Waals surface area contributed by atoms with Crippen LogP contribution in [0.25, 0.3) is 0 Å². The summed E-state index contributed by atoms with van der Waals surface area (Å²) in [4.78, 5) is 16.1. The summed E-state index contributed by atoms with van der Waals surface area (Å²) in [7, 11) is 0. The van der Waals surface area contributed by atoms with E-state index in [1.807, 2.05) is 24.3 Å². The summed E-state index contributed by atoms with van der Waals surface area (Å²) >= 11 is 5.85. The van der Waals surface area contributed by atoms with Crippen molar-refractivity contribution < 1.29 is 4.79 Å². The lowest BCUT2D eigenvalue weighted by Crippen LogP contribution is -2.15. The van der Waals surface area contributed by atoms with Crippen LogP contribution >= 0.6 is 11.6 Å². The molecule has 98 valence electrons. The number of amides is 1. The maximum atomic E-state index is 12.1. The Labute approximate surface area is 117 Å². The molecule has 0 fully saturated rings. The highest BCUT2D eigenvalue weighted by Gasteiger charge is 2.11. The van der Waals surface area contributed by atoms with E-state index in [-0.39, 0.29) is 5.91 Å². The van der Waals surface area contributed by atoms with Gasteiger partial charge in [-0.1, -0.05) is 43.6 Å². The minimum Gasteiger partial charge on any atom is -0.320 e. The Kier molecular flexibility index (Phi) is 4.17. The lowest BCUT2D eigenvalue weighted by Gasteiger charge is -2.13. The third-order valence-corrected chi connectivity index (χ3v) is 3.02. The molecule has 1 aromatic heterocycles. The van der Waals surface area contributed by atoms with Gasteiger partial charge in [-0.2, -0.15) is 0 Å². The van der Waals surface area contributed by atoms with Crippen molar-refractivity contribution in [1.29, 1.82) is 0 Å². The highest BCUT2D eigenvalue weighted by atomic mass is 35.5. The minimum atomic E-state index is -0.254. The number of nitrogens with zero attached hydrogens (tertiary/aromatic N) is 1. The van der Waals surface area contributed by atoms with E-state index in [1.54, 1.807) is 12.1 Å². The molecule has 0 spiro atoms. The molecule has 0 aliphatic carbocycles. The predicted octanol–water partition coefficient (Wildman–Crippen LogP) is 4.11. The zero-order chi connectivity index (χ0) is 13.8. The van der Waals surface area contributed by atoms with Crippen molar-refractivity contribution in [2.24, 2.45) is 0 Å². The van der Waals surface area contributed by atoms with Gasteiger partial charge in [-0.15, -0.1) is 0 Å². The number of aromatic nitrogens is 1. The molecule has 0 aliphatic rings. The van der Waals surface area contributed by atoms with Crippen molar-refractivity contribution in [3.63, 3.8) is 0 Å². The van der Waals surface area contributed by atoms with Crippen molar-refractivity contribution in [2.45, 2.75) is 19.8 Å². The molecule has 0 unspecified atom stereocenters. The van der Waals surface area contributed by atoms with E-state index >= 15 is 0 Å². The van der Waals surface area contributed by atoms with Crippen LogP contribution in [0.15, 0.2) is 42.6 Å². The first kappa shape index (κ1) is 13.6. The molecule has 1 heterocycles. The summed E-state index contributed by atoms with van der Waals surface area (Å²) in [5.41, 5.74) is 2.22. The third kappa shape index (κ3) is 3.32. The first-order chi connectivity index (χ1) is 9.08. The molecule has 0 saturated carbocycles. The van der Waals surface area contributed by atoms with Crippen LogP contribution in [0.1, 0.15) is 35.8 Å². The fraction of sp³-hybridized carbons (Fsp3) is 0.200. The Hall–Kier alpha value is -1.87. The molecule has 1 N–H and O–H groups in total. The third-order valence-electron chi connectivity index (χ3n) is 2.79. The van der Waals surface area contributed by atoms with Gasteiger partial charge >= 0.3 is 0 Å². The molecule has 2 rings (SSSR count). The zero-order valence-corrected chi connectivity index (χ0v) is 11.6. The molecule has 0 atom stereocenters. The van der Waals surface area contributed by atoms with Crippen LogP contribution in [0.5, 0.6) is 0 Å². The summed E-state index contributed by atoms with van der Waals surface area (Å²) in [5.74, 6) is 0.0828. The Balaban J connectivity index is 2.24. The van der Waals surface area contributed by atoms with E-state index < -0.39 is 0 Å². The summed E-state index contributed by atoms with van der Waals surface area (Å²) in [6, 6.07) is 10.9. The maximum Gasteiger partial charge on any atom is 0.274 e. The number of hydrogen-bond acceptors (Lipinski definition) is 2. The van der Waals surface area contributed by atoms with Crippen LogP contribution in [0, 0.1) is 0 Å². The smallest absolute Gasteiger partial charge is 0.274 e. The van der Waals surface area contributed by atoms with Gasteiger partial charge < -0.3 is 5.32 Å². The number of carbonyl (C=O) groups excluding carboxylic acids is 1. The highest BCUT2D eigenvalue weighted by molar-refractivity contribution is 6.30. The zero-order valence-electron chi connectivity index (χ0n) is 10.9. The largest absolute Gasteiger partial charge is 0.320 e. The number of pyridine rings is 1. The van der Waals surface area contributed by atoms with Crippen molar-refractivity contribution in [1.82, 2.24) is 4.98 Å². The van der Waals surface area contributed by atoms with Gasteiger partial charge in [-0.25, -0.2) is 0 Å². The molecule has 0 bridgehead atoms. The van der Waals surface area contributed by atoms with Gasteiger partial charge in [0.15, 0.2) is 0 Å². The lowest BCUT2D eigenvalue weighted by atomic mass is 10.0. The minimum absolute atomic E-state index is 0.254. The fourth-order valence-electron chi connectivity index (χ4n) is 1.83. The van der Waals surface area contributed by atoms with Gasteiger partial charge in [0.2, 0.25) is 0 Å². The summed E-state index contributed by atoms with van der Waals surface area (Å²) < 4.78 is 0. The van der Waals surface area contributed by atoms with E-state index in [9.17, 15) is 4.79 Å². The van der Waals surface area contributed by atoms with E-state index in [1.165, 1.54) is 6.20 Å². The number of hydrogen-bond donors (Lipinski definition) is 1. The standard InChI is InChI=1S/C15H15ClN2O/c1-10(2)12-5-3-4-6-13(12)18-15(19)14-9-11(16)7-8-17-14/h3-10H,1-2H3,(H,18,19). The molecule has 2 aromatic rings. The van der Waals surface area contributed by atoms with Crippen LogP contribution in [0.3, 0.4) is 0 Å². The number of nitrogens with one attached hydrogen (secondary N) is 1. The fourth-order valence-corrected chi connectivity index (χ4v) is 1.99. The quantitative estimate of drug-likeness (QED) is 0.915. The maximum absolute atomic E-state index is 12.1. The number of para-hydroxylation sites is 1. The number of halogens is 1. The molecule has 1 amide bonds. The van der Waals surface area contributed by atoms with Gasteiger partial charge in [-0.05, 0) is 29.7 Å². The molecular formula is C15H15ClN2O. The molecule has 1 aromatic carbocycles. The monoisotopic (exact) mass is 274 g/mol. The highest BCUT2D eigenvalue weighted by Crippen LogP contribution is 2.24. The Bertz CT molecular complexity index is 596. The second-order valence-electron chi connectivity index (χ2n) is 4.56. The molecule has 0 saturated heterocycles. The summed E-state index contributed by atoms with van der Waals surface area (Å²) in [6.07, 6.45) is 1.52. The van der Waals surface area contributed by atoms with Crippen LogP contribution < -0.4 is 5.32 Å². The predicted molar refractivity (Wildman–Crippen MR) is 77.7 cm³/mol. The van der Waals surface area contributed by atoms with Gasteiger partial charge in [0.25, 0.3) is 5.91 Å². The van der Waals surface area contributed by atoms with Crippen LogP contribution in [-0.2, 0) is 0 Å². The molecule has 0 aliphatic heterocycles. The van der Waals surface area contributed by atoms with Gasteiger partial charge in [0, 0.05) is 16.9 Å². The Morgan fingerprint density at radius 2 is 2.00 bits per heavy atom. The van der Waals surface area contributed by atoms with Crippen LogP contribution in [0.4, 0.5) is 5.69 Å². The van der Waals surface area contributed by atoms with Gasteiger partial charge in [0.05, 0.1) is 0 Å². The second kappa shape index (κ2) is 5.85. The molecular weight excluding hydrogens is 260 g/mol. The number of rotatable bonds is 3. The summed E-state index contributed by atoms with van der Waals surface area (Å²) in [5, 5.41) is 3.37. The Morgan fingerprint density at radius 1 is 1.26 bits per heavy atom. The lowest BCUT2D eigenvalue weighted by molar-refractivity contribution is 0.102. The van der Waals surface area contributed by atoms with Gasteiger partial charge in [0.1, 0.15) is 5.69 Å². The SMILES string of the molecule is CC(C)c1ccccc1NC(=O)c1cc(Cl)ccn1.